The Morgan fingerprint density at radius 3 is 2.29 bits per heavy atom. The molecule has 0 N–H and O–H groups in total. The van der Waals surface area contributed by atoms with Crippen molar-refractivity contribution in [3.8, 4) is 5.69 Å². The van der Waals surface area contributed by atoms with Crippen LogP contribution in [0.25, 0.3) is 5.69 Å². The molecule has 0 aliphatic heterocycles. The maximum Gasteiger partial charge on any atom is 0.170 e. The predicted octanol–water partition coefficient (Wildman–Crippen LogP) is 3.49. The summed E-state index contributed by atoms with van der Waals surface area (Å²) < 4.78 is 1.73. The molecule has 2 aromatic rings. The maximum atomic E-state index is 5.93. The molecule has 0 saturated carbocycles. The second-order valence-corrected chi connectivity index (χ2v) is 3.67. The summed E-state index contributed by atoms with van der Waals surface area (Å²) in [6, 6.07) is 9.74. The first-order chi connectivity index (χ1) is 6.70. The van der Waals surface area contributed by atoms with Crippen molar-refractivity contribution in [2.75, 3.05) is 0 Å². The van der Waals surface area contributed by atoms with Crippen LogP contribution in [-0.2, 0) is 0 Å². The van der Waals surface area contributed by atoms with Crippen LogP contribution in [0, 0.1) is 6.92 Å². The Morgan fingerprint density at radius 1 is 1.14 bits per heavy atom. The summed E-state index contributed by atoms with van der Waals surface area (Å²) in [4.78, 5) is 0. The second kappa shape index (κ2) is 3.64. The Balaban J connectivity index is 2.58. The molecule has 0 radical (unpaired) electrons. The molecule has 4 heteroatoms. The molecular weight excluding hydrogens is 219 g/mol. The fourth-order valence-corrected chi connectivity index (χ4v) is 1.60. The Labute approximate surface area is 92.1 Å². The van der Waals surface area contributed by atoms with Gasteiger partial charge < -0.3 is 0 Å². The van der Waals surface area contributed by atoms with Crippen molar-refractivity contribution in [1.29, 1.82) is 0 Å². The first kappa shape index (κ1) is 9.56. The number of para-hydroxylation sites is 1. The van der Waals surface area contributed by atoms with Crippen molar-refractivity contribution in [3.63, 3.8) is 0 Å². The molecule has 0 spiro atoms. The van der Waals surface area contributed by atoms with Crippen molar-refractivity contribution in [2.45, 2.75) is 6.92 Å². The molecule has 2 rings (SSSR count). The van der Waals surface area contributed by atoms with Gasteiger partial charge in [0.05, 0.1) is 11.4 Å². The minimum Gasteiger partial charge on any atom is -0.235 e. The quantitative estimate of drug-likeness (QED) is 0.729. The van der Waals surface area contributed by atoms with Gasteiger partial charge in [-0.05, 0) is 19.1 Å². The molecule has 0 bridgehead atoms. The molecule has 0 aliphatic rings. The van der Waals surface area contributed by atoms with Crippen molar-refractivity contribution in [2.24, 2.45) is 0 Å². The third kappa shape index (κ3) is 1.51. The van der Waals surface area contributed by atoms with E-state index in [0.29, 0.717) is 10.2 Å². The van der Waals surface area contributed by atoms with Crippen LogP contribution in [-0.4, -0.2) is 9.78 Å². The third-order valence-electron chi connectivity index (χ3n) is 2.01. The number of hydrogen-bond acceptors (Lipinski definition) is 1. The van der Waals surface area contributed by atoms with E-state index in [4.69, 9.17) is 23.2 Å². The summed E-state index contributed by atoms with van der Waals surface area (Å²) in [7, 11) is 0. The lowest BCUT2D eigenvalue weighted by molar-refractivity contribution is 0.847. The number of nitrogens with zero attached hydrogens (tertiary/aromatic N) is 2. The Bertz CT molecular complexity index is 449. The van der Waals surface area contributed by atoms with E-state index in [1.54, 1.807) is 4.68 Å². The van der Waals surface area contributed by atoms with Gasteiger partial charge in [-0.25, -0.2) is 4.68 Å². The van der Waals surface area contributed by atoms with Gasteiger partial charge >= 0.3 is 0 Å². The zero-order valence-corrected chi connectivity index (χ0v) is 9.05. The van der Waals surface area contributed by atoms with E-state index in [-0.39, 0.29) is 0 Å². The van der Waals surface area contributed by atoms with Gasteiger partial charge in [0.1, 0.15) is 5.02 Å². The summed E-state index contributed by atoms with van der Waals surface area (Å²) in [5.41, 5.74) is 1.81. The predicted molar refractivity (Wildman–Crippen MR) is 58.3 cm³/mol. The lowest BCUT2D eigenvalue weighted by Gasteiger charge is -2.02. The molecular formula is C10H8Cl2N2. The Kier molecular flexibility index (Phi) is 2.48. The highest BCUT2D eigenvalue weighted by molar-refractivity contribution is 6.41. The fourth-order valence-electron chi connectivity index (χ4n) is 1.27. The second-order valence-electron chi connectivity index (χ2n) is 2.94. The molecule has 72 valence electrons. The van der Waals surface area contributed by atoms with Gasteiger partial charge in [0, 0.05) is 0 Å². The number of aromatic nitrogens is 2. The normalized spacial score (nSPS) is 10.5. The number of benzene rings is 1. The molecule has 0 aliphatic carbocycles. The lowest BCUT2D eigenvalue weighted by atomic mass is 10.3. The van der Waals surface area contributed by atoms with E-state index in [2.05, 4.69) is 5.10 Å². The van der Waals surface area contributed by atoms with E-state index in [1.165, 1.54) is 0 Å². The molecule has 1 aromatic heterocycles. The Hall–Kier alpha value is -0.990. The van der Waals surface area contributed by atoms with Gasteiger partial charge in [-0.2, -0.15) is 5.10 Å². The first-order valence-electron chi connectivity index (χ1n) is 4.16. The monoisotopic (exact) mass is 226 g/mol. The van der Waals surface area contributed by atoms with E-state index < -0.39 is 0 Å². The summed E-state index contributed by atoms with van der Waals surface area (Å²) >= 11 is 11.8. The molecule has 0 amide bonds. The first-order valence-corrected chi connectivity index (χ1v) is 4.92. The highest BCUT2D eigenvalue weighted by Gasteiger charge is 2.11. The lowest BCUT2D eigenvalue weighted by Crippen LogP contribution is -1.97. The molecule has 1 heterocycles. The molecule has 0 fully saturated rings. The Morgan fingerprint density at radius 2 is 1.79 bits per heavy atom. The van der Waals surface area contributed by atoms with Gasteiger partial charge in [0.25, 0.3) is 0 Å². The topological polar surface area (TPSA) is 17.8 Å². The molecule has 1 aromatic carbocycles. The summed E-state index contributed by atoms with van der Waals surface area (Å²) in [5, 5.41) is 4.98. The standard InChI is InChI=1S/C10H8Cl2N2/c1-7-9(11)10(12)13-14(7)8-5-3-2-4-6-8/h2-6H,1H3. The van der Waals surface area contributed by atoms with Gasteiger partial charge in [0.15, 0.2) is 5.15 Å². The highest BCUT2D eigenvalue weighted by atomic mass is 35.5. The molecule has 0 saturated heterocycles. The van der Waals surface area contributed by atoms with E-state index in [0.717, 1.165) is 11.4 Å². The molecule has 2 nitrogen and oxygen atoms in total. The van der Waals surface area contributed by atoms with Crippen LogP contribution in [0.1, 0.15) is 5.69 Å². The van der Waals surface area contributed by atoms with Crippen LogP contribution >= 0.6 is 23.2 Å². The maximum absolute atomic E-state index is 5.93. The van der Waals surface area contributed by atoms with Crippen molar-refractivity contribution in [3.05, 3.63) is 46.2 Å². The van der Waals surface area contributed by atoms with Gasteiger partial charge in [-0.3, -0.25) is 0 Å². The largest absolute Gasteiger partial charge is 0.235 e. The van der Waals surface area contributed by atoms with Gasteiger partial charge in [0.2, 0.25) is 0 Å². The smallest absolute Gasteiger partial charge is 0.170 e. The van der Waals surface area contributed by atoms with Crippen molar-refractivity contribution >= 4 is 23.2 Å². The average Bonchev–Trinajstić information content (AvgIpc) is 2.47. The average molecular weight is 227 g/mol. The molecule has 0 atom stereocenters. The van der Waals surface area contributed by atoms with Gasteiger partial charge in [-0.15, -0.1) is 0 Å². The van der Waals surface area contributed by atoms with Crippen molar-refractivity contribution < 1.29 is 0 Å². The van der Waals surface area contributed by atoms with E-state index in [1.807, 2.05) is 37.3 Å². The summed E-state index contributed by atoms with van der Waals surface area (Å²) in [5.74, 6) is 0. The molecule has 0 unspecified atom stereocenters. The van der Waals surface area contributed by atoms with Crippen LogP contribution in [0.3, 0.4) is 0 Å². The minimum atomic E-state index is 0.341. The third-order valence-corrected chi connectivity index (χ3v) is 2.82. The summed E-state index contributed by atoms with van der Waals surface area (Å²) in [6.07, 6.45) is 0. The van der Waals surface area contributed by atoms with Crippen LogP contribution in [0.5, 0.6) is 0 Å². The summed E-state index contributed by atoms with van der Waals surface area (Å²) in [6.45, 7) is 1.88. The van der Waals surface area contributed by atoms with Crippen LogP contribution in [0.15, 0.2) is 30.3 Å². The van der Waals surface area contributed by atoms with E-state index in [9.17, 15) is 0 Å². The minimum absolute atomic E-state index is 0.341. The van der Waals surface area contributed by atoms with Crippen LogP contribution in [0.2, 0.25) is 10.2 Å². The number of rotatable bonds is 1. The van der Waals surface area contributed by atoms with Crippen LogP contribution < -0.4 is 0 Å². The van der Waals surface area contributed by atoms with Crippen LogP contribution in [0.4, 0.5) is 0 Å². The SMILES string of the molecule is Cc1c(Cl)c(Cl)nn1-c1ccccc1. The molecule has 14 heavy (non-hydrogen) atoms. The van der Waals surface area contributed by atoms with Gasteiger partial charge in [-0.1, -0.05) is 41.4 Å². The van der Waals surface area contributed by atoms with E-state index >= 15 is 0 Å². The number of halogens is 2. The van der Waals surface area contributed by atoms with Crippen molar-refractivity contribution in [1.82, 2.24) is 9.78 Å². The fraction of sp³-hybridized carbons (Fsp3) is 0.100. The zero-order valence-electron chi connectivity index (χ0n) is 7.54. The zero-order chi connectivity index (χ0) is 10.1. The highest BCUT2D eigenvalue weighted by Crippen LogP contribution is 2.26. The number of hydrogen-bond donors (Lipinski definition) is 0.